The fourth-order valence-electron chi connectivity index (χ4n) is 1.86. The van der Waals surface area contributed by atoms with Gasteiger partial charge in [-0.3, -0.25) is 0 Å². The number of alkyl halides is 3. The number of hydrogen-bond acceptors (Lipinski definition) is 4. The molecule has 0 spiro atoms. The smallest absolute Gasteiger partial charge is 0.407 e. The molecule has 0 radical (unpaired) electrons. The van der Waals surface area contributed by atoms with E-state index in [1.165, 1.54) is 0 Å². The molecule has 1 atom stereocenters. The lowest BCUT2D eigenvalue weighted by atomic mass is 9.96. The van der Waals surface area contributed by atoms with Crippen molar-refractivity contribution in [3.05, 3.63) is 0 Å². The summed E-state index contributed by atoms with van der Waals surface area (Å²) in [7, 11) is 1.02. The number of ether oxygens (including phenoxy) is 1. The Morgan fingerprint density at radius 2 is 2.05 bits per heavy atom. The molecule has 0 heterocycles. The van der Waals surface area contributed by atoms with Crippen LogP contribution in [0.2, 0.25) is 0 Å². The average Bonchev–Trinajstić information content (AvgIpc) is 2.37. The Kier molecular flexibility index (Phi) is 6.78. The molecular formula is C11H18F3NO3S. The highest BCUT2D eigenvalue weighted by atomic mass is 32.2. The summed E-state index contributed by atoms with van der Waals surface area (Å²) in [5, 5.41) is -1.19. The van der Waals surface area contributed by atoms with Gasteiger partial charge < -0.3 is 14.2 Å². The number of alkyl carbamates (subject to hydrolysis) is 1. The van der Waals surface area contributed by atoms with Gasteiger partial charge in [-0.25, -0.2) is 9.18 Å². The second-order valence-electron chi connectivity index (χ2n) is 4.36. The van der Waals surface area contributed by atoms with Crippen LogP contribution in [0, 0.1) is 0 Å². The summed E-state index contributed by atoms with van der Waals surface area (Å²) in [6.07, 6.45) is 1.37. The topological polar surface area (TPSA) is 47.6 Å². The van der Waals surface area contributed by atoms with Crippen LogP contribution in [0.15, 0.2) is 0 Å². The molecule has 1 saturated carbocycles. The van der Waals surface area contributed by atoms with Gasteiger partial charge >= 0.3 is 11.3 Å². The van der Waals surface area contributed by atoms with Gasteiger partial charge in [-0.15, -0.1) is 0 Å². The minimum Gasteiger partial charge on any atom is -0.446 e. The van der Waals surface area contributed by atoms with Gasteiger partial charge in [0.1, 0.15) is 6.61 Å². The molecule has 0 aromatic carbocycles. The second kappa shape index (κ2) is 7.84. The van der Waals surface area contributed by atoms with Gasteiger partial charge in [-0.05, 0) is 12.8 Å². The van der Waals surface area contributed by atoms with Crippen molar-refractivity contribution in [1.82, 2.24) is 5.32 Å². The van der Waals surface area contributed by atoms with E-state index in [1.807, 2.05) is 0 Å². The molecule has 8 heteroatoms. The van der Waals surface area contributed by atoms with Crippen LogP contribution in [0.3, 0.4) is 0 Å². The van der Waals surface area contributed by atoms with Crippen molar-refractivity contribution in [3.8, 4) is 0 Å². The first kappa shape index (κ1) is 16.4. The molecule has 1 aliphatic carbocycles. The number of nitrogens with one attached hydrogen (secondary N) is 1. The van der Waals surface area contributed by atoms with Crippen LogP contribution in [0.5, 0.6) is 0 Å². The molecule has 1 N–H and O–H groups in total. The first-order valence-electron chi connectivity index (χ1n) is 6.12. The monoisotopic (exact) mass is 301 g/mol. The van der Waals surface area contributed by atoms with Gasteiger partial charge in [0.2, 0.25) is 6.17 Å². The van der Waals surface area contributed by atoms with Crippen molar-refractivity contribution in [2.24, 2.45) is 0 Å². The van der Waals surface area contributed by atoms with E-state index in [-0.39, 0.29) is 18.1 Å². The number of hydrogen-bond donors (Lipinski definition) is 1. The van der Waals surface area contributed by atoms with Crippen molar-refractivity contribution in [2.45, 2.75) is 49.6 Å². The fourth-order valence-corrected chi connectivity index (χ4v) is 2.26. The third-order valence-electron chi connectivity index (χ3n) is 2.85. The van der Waals surface area contributed by atoms with Crippen molar-refractivity contribution >= 4 is 18.1 Å². The van der Waals surface area contributed by atoms with Crippen LogP contribution < -0.4 is 5.32 Å². The summed E-state index contributed by atoms with van der Waals surface area (Å²) < 4.78 is 47.7. The maximum absolute atomic E-state index is 13.2. The van der Waals surface area contributed by atoms with Crippen LogP contribution in [0.25, 0.3) is 0 Å². The Morgan fingerprint density at radius 3 is 2.63 bits per heavy atom. The zero-order valence-corrected chi connectivity index (χ0v) is 11.5. The molecule has 4 nitrogen and oxygen atoms in total. The molecule has 1 rings (SSSR count). The molecule has 1 aliphatic rings. The fraction of sp³-hybridized carbons (Fsp3) is 0.909. The maximum atomic E-state index is 13.2. The van der Waals surface area contributed by atoms with E-state index < -0.39 is 24.1 Å². The van der Waals surface area contributed by atoms with E-state index in [4.69, 9.17) is 0 Å². The highest BCUT2D eigenvalue weighted by Gasteiger charge is 2.43. The summed E-state index contributed by atoms with van der Waals surface area (Å²) in [4.78, 5) is 11.3. The summed E-state index contributed by atoms with van der Waals surface area (Å²) in [6.45, 7) is -0.998. The van der Waals surface area contributed by atoms with Crippen LogP contribution in [-0.4, -0.2) is 37.3 Å². The summed E-state index contributed by atoms with van der Waals surface area (Å²) in [5.74, 6) is 0. The Morgan fingerprint density at radius 1 is 1.42 bits per heavy atom. The normalized spacial score (nSPS) is 18.9. The molecule has 0 aromatic rings. The molecule has 0 bridgehead atoms. The van der Waals surface area contributed by atoms with E-state index in [9.17, 15) is 18.0 Å². The van der Waals surface area contributed by atoms with E-state index in [1.54, 1.807) is 0 Å². The predicted octanol–water partition coefficient (Wildman–Crippen LogP) is 3.27. The number of carbonyl (C=O) groups is 1. The standard InChI is InChI=1S/C11H18F3NO3S/c1-17-19-11(13,14)9(12)7-18-10(16)15-8-5-3-2-4-6-8/h8-9H,2-7H2,1H3,(H,15,16). The molecule has 0 saturated heterocycles. The predicted molar refractivity (Wildman–Crippen MR) is 65.8 cm³/mol. The van der Waals surface area contributed by atoms with Crippen LogP contribution in [0.4, 0.5) is 18.0 Å². The van der Waals surface area contributed by atoms with Gasteiger partial charge in [0, 0.05) is 6.04 Å². The average molecular weight is 301 g/mol. The largest absolute Gasteiger partial charge is 0.446 e. The van der Waals surface area contributed by atoms with Gasteiger partial charge in [-0.1, -0.05) is 19.3 Å². The van der Waals surface area contributed by atoms with Crippen LogP contribution in [-0.2, 0) is 8.92 Å². The Labute approximate surface area is 114 Å². The maximum Gasteiger partial charge on any atom is 0.407 e. The summed E-state index contributed by atoms with van der Waals surface area (Å²) >= 11 is -0.291. The molecule has 0 aromatic heterocycles. The van der Waals surface area contributed by atoms with E-state index >= 15 is 0 Å². The van der Waals surface area contributed by atoms with E-state index in [0.717, 1.165) is 39.2 Å². The lowest BCUT2D eigenvalue weighted by molar-refractivity contribution is -0.0216. The van der Waals surface area contributed by atoms with Crippen LogP contribution >= 0.6 is 12.0 Å². The molecule has 112 valence electrons. The van der Waals surface area contributed by atoms with E-state index in [0.29, 0.717) is 0 Å². The minimum absolute atomic E-state index is 0.00632. The first-order valence-corrected chi connectivity index (χ1v) is 6.87. The third-order valence-corrected chi connectivity index (χ3v) is 3.49. The zero-order chi connectivity index (χ0) is 14.3. The Hall–Kier alpha value is -0.630. The zero-order valence-electron chi connectivity index (χ0n) is 10.7. The molecule has 1 unspecified atom stereocenters. The Balaban J connectivity index is 2.25. The molecule has 1 fully saturated rings. The van der Waals surface area contributed by atoms with Crippen molar-refractivity contribution in [1.29, 1.82) is 0 Å². The third kappa shape index (κ3) is 5.90. The molecule has 19 heavy (non-hydrogen) atoms. The lowest BCUT2D eigenvalue weighted by Crippen LogP contribution is -2.39. The minimum atomic E-state index is -3.74. The number of halogens is 3. The highest BCUT2D eigenvalue weighted by molar-refractivity contribution is 7.95. The van der Waals surface area contributed by atoms with Crippen LogP contribution in [0.1, 0.15) is 32.1 Å². The van der Waals surface area contributed by atoms with Gasteiger partial charge in [0.05, 0.1) is 19.2 Å². The molecular weight excluding hydrogens is 283 g/mol. The summed E-state index contributed by atoms with van der Waals surface area (Å²) in [6, 6.07) is -0.00632. The van der Waals surface area contributed by atoms with Gasteiger partial charge in [-0.2, -0.15) is 8.78 Å². The van der Waals surface area contributed by atoms with Crippen molar-refractivity contribution in [3.63, 3.8) is 0 Å². The van der Waals surface area contributed by atoms with Gasteiger partial charge in [0.15, 0.2) is 0 Å². The SMILES string of the molecule is COSC(F)(F)C(F)COC(=O)NC1CCCCC1. The Bertz CT molecular complexity index is 288. The van der Waals surface area contributed by atoms with E-state index in [2.05, 4.69) is 14.2 Å². The number of rotatable bonds is 6. The number of amides is 1. The number of carbonyl (C=O) groups excluding carboxylic acids is 1. The first-order chi connectivity index (χ1) is 8.95. The summed E-state index contributed by atoms with van der Waals surface area (Å²) in [5.41, 5.74) is 0. The second-order valence-corrected chi connectivity index (χ2v) is 5.40. The van der Waals surface area contributed by atoms with Gasteiger partial charge in [0.25, 0.3) is 0 Å². The molecule has 0 aliphatic heterocycles. The van der Waals surface area contributed by atoms with Crippen molar-refractivity contribution < 1.29 is 26.9 Å². The van der Waals surface area contributed by atoms with Crippen molar-refractivity contribution in [2.75, 3.05) is 13.7 Å². The quantitative estimate of drug-likeness (QED) is 0.765. The molecule has 1 amide bonds. The highest BCUT2D eigenvalue weighted by Crippen LogP contribution is 2.34. The lowest BCUT2D eigenvalue weighted by Gasteiger charge is -2.23.